The minimum absolute atomic E-state index is 0.252. The summed E-state index contributed by atoms with van der Waals surface area (Å²) < 4.78 is 15.7. The molecule has 0 fully saturated rings. The van der Waals surface area contributed by atoms with Gasteiger partial charge in [-0.05, 0) is 60.5 Å². The van der Waals surface area contributed by atoms with Crippen LogP contribution in [-0.2, 0) is 19.4 Å². The lowest BCUT2D eigenvalue weighted by molar-refractivity contribution is 0.573. The smallest absolute Gasteiger partial charge is 0.196 e. The number of imidazole rings is 1. The van der Waals surface area contributed by atoms with Gasteiger partial charge < -0.3 is 14.5 Å². The van der Waals surface area contributed by atoms with E-state index in [1.165, 1.54) is 12.1 Å². The number of aromatic amines is 2. The molecule has 0 saturated carbocycles. The normalized spacial score (nSPS) is 11.4. The molecule has 0 aliphatic carbocycles. The topological polar surface area (TPSA) is 88.1 Å². The van der Waals surface area contributed by atoms with E-state index in [9.17, 15) is 4.39 Å². The van der Waals surface area contributed by atoms with Gasteiger partial charge in [0, 0.05) is 53.6 Å². The molecule has 0 aliphatic rings. The highest BCUT2D eigenvalue weighted by atomic mass is 32.2. The molecule has 5 aromatic rings. The summed E-state index contributed by atoms with van der Waals surface area (Å²) >= 11 is 1.55. The molecule has 1 aromatic carbocycles. The lowest BCUT2D eigenvalue weighted by Gasteiger charge is -2.10. The third-order valence-corrected chi connectivity index (χ3v) is 6.05. The van der Waals surface area contributed by atoms with Crippen LogP contribution < -0.4 is 0 Å². The van der Waals surface area contributed by atoms with Crippen LogP contribution in [0.2, 0.25) is 0 Å². The monoisotopic (exact) mass is 433 g/mol. The highest BCUT2D eigenvalue weighted by Gasteiger charge is 2.16. The summed E-state index contributed by atoms with van der Waals surface area (Å²) in [5.74, 6) is 0.622. The molecule has 4 aromatic heterocycles. The van der Waals surface area contributed by atoms with E-state index in [0.717, 1.165) is 57.4 Å². The molecule has 7 nitrogen and oxygen atoms in total. The number of pyridine rings is 1. The van der Waals surface area contributed by atoms with E-state index < -0.39 is 0 Å². The highest BCUT2D eigenvalue weighted by molar-refractivity contribution is 7.99. The Bertz CT molecular complexity index is 1280. The Morgan fingerprint density at radius 1 is 1.13 bits per heavy atom. The Hall–Kier alpha value is -3.46. The second kappa shape index (κ2) is 8.73. The van der Waals surface area contributed by atoms with Crippen molar-refractivity contribution < 1.29 is 4.39 Å². The van der Waals surface area contributed by atoms with Crippen molar-refractivity contribution >= 4 is 22.7 Å². The number of hydrogen-bond acceptors (Lipinski definition) is 5. The number of nitrogens with zero attached hydrogens (tertiary/aromatic N) is 5. The van der Waals surface area contributed by atoms with Crippen LogP contribution in [-0.4, -0.2) is 34.7 Å². The molecular formula is C22H20FN7S. The number of rotatable bonds is 8. The highest BCUT2D eigenvalue weighted by Crippen LogP contribution is 2.28. The molecule has 0 unspecified atom stereocenters. The van der Waals surface area contributed by atoms with Crippen LogP contribution in [0.1, 0.15) is 23.5 Å². The Labute approximate surface area is 182 Å². The Balaban J connectivity index is 1.42. The van der Waals surface area contributed by atoms with Crippen molar-refractivity contribution in [3.63, 3.8) is 0 Å². The zero-order valence-electron chi connectivity index (χ0n) is 16.6. The van der Waals surface area contributed by atoms with Crippen molar-refractivity contribution in [1.82, 2.24) is 34.7 Å². The molecule has 9 heteroatoms. The van der Waals surface area contributed by atoms with Gasteiger partial charge in [0.2, 0.25) is 0 Å². The van der Waals surface area contributed by atoms with Crippen molar-refractivity contribution in [2.24, 2.45) is 0 Å². The molecule has 0 radical (unpaired) electrons. The second-order valence-electron chi connectivity index (χ2n) is 7.19. The van der Waals surface area contributed by atoms with Gasteiger partial charge in [0.1, 0.15) is 11.6 Å². The molecular weight excluding hydrogens is 413 g/mol. The average molecular weight is 434 g/mol. The molecule has 0 atom stereocenters. The number of fused-ring (bicyclic) bond motifs is 1. The van der Waals surface area contributed by atoms with Crippen molar-refractivity contribution in [3.8, 4) is 0 Å². The van der Waals surface area contributed by atoms with Crippen LogP contribution in [0.25, 0.3) is 10.9 Å². The van der Waals surface area contributed by atoms with Crippen molar-refractivity contribution in [2.45, 2.75) is 35.9 Å². The molecule has 5 rings (SSSR count). The van der Waals surface area contributed by atoms with E-state index in [2.05, 4.69) is 34.7 Å². The summed E-state index contributed by atoms with van der Waals surface area (Å²) in [6.45, 7) is 0.773. The van der Waals surface area contributed by atoms with Crippen LogP contribution in [0.4, 0.5) is 4.39 Å². The van der Waals surface area contributed by atoms with Crippen LogP contribution in [0.15, 0.2) is 71.5 Å². The SMILES string of the molecule is Fc1ccc2c(Cc3nnc(Sc4cccnc4)n3CCCc3c[nH]cn3)c[nH]c2c1. The summed E-state index contributed by atoms with van der Waals surface area (Å²) in [5, 5.41) is 10.8. The Morgan fingerprint density at radius 3 is 2.94 bits per heavy atom. The van der Waals surface area contributed by atoms with Gasteiger partial charge in [-0.25, -0.2) is 9.37 Å². The molecule has 31 heavy (non-hydrogen) atoms. The first-order valence-corrected chi connectivity index (χ1v) is 10.8. The maximum Gasteiger partial charge on any atom is 0.196 e. The largest absolute Gasteiger partial charge is 0.361 e. The molecule has 4 heterocycles. The van der Waals surface area contributed by atoms with E-state index in [4.69, 9.17) is 0 Å². The molecule has 0 amide bonds. The van der Waals surface area contributed by atoms with Crippen LogP contribution in [0.3, 0.4) is 0 Å². The minimum Gasteiger partial charge on any atom is -0.361 e. The first kappa shape index (κ1) is 19.5. The van der Waals surface area contributed by atoms with Gasteiger partial charge in [0.05, 0.1) is 12.0 Å². The number of halogens is 1. The lowest BCUT2D eigenvalue weighted by atomic mass is 10.1. The summed E-state index contributed by atoms with van der Waals surface area (Å²) in [4.78, 5) is 15.7. The summed E-state index contributed by atoms with van der Waals surface area (Å²) in [5.41, 5.74) is 2.88. The van der Waals surface area contributed by atoms with Crippen molar-refractivity contribution in [3.05, 3.63) is 84.3 Å². The summed E-state index contributed by atoms with van der Waals surface area (Å²) in [6, 6.07) is 8.72. The second-order valence-corrected chi connectivity index (χ2v) is 8.23. The summed E-state index contributed by atoms with van der Waals surface area (Å²) in [6.07, 6.45) is 11.5. The average Bonchev–Trinajstić information content (AvgIpc) is 3.52. The molecule has 0 bridgehead atoms. The van der Waals surface area contributed by atoms with Crippen molar-refractivity contribution in [2.75, 3.05) is 0 Å². The van der Waals surface area contributed by atoms with E-state index in [1.54, 1.807) is 30.4 Å². The van der Waals surface area contributed by atoms with Crippen LogP contribution in [0.5, 0.6) is 0 Å². The lowest BCUT2D eigenvalue weighted by Crippen LogP contribution is -2.07. The van der Waals surface area contributed by atoms with Crippen LogP contribution in [0, 0.1) is 5.82 Å². The van der Waals surface area contributed by atoms with E-state index in [1.807, 2.05) is 30.7 Å². The number of hydrogen-bond donors (Lipinski definition) is 2. The molecule has 0 spiro atoms. The van der Waals surface area contributed by atoms with Gasteiger partial charge in [-0.3, -0.25) is 4.98 Å². The molecule has 156 valence electrons. The maximum atomic E-state index is 13.5. The molecule has 2 N–H and O–H groups in total. The van der Waals surface area contributed by atoms with Gasteiger partial charge in [-0.15, -0.1) is 10.2 Å². The van der Waals surface area contributed by atoms with Gasteiger partial charge in [0.15, 0.2) is 5.16 Å². The van der Waals surface area contributed by atoms with E-state index >= 15 is 0 Å². The first-order valence-electron chi connectivity index (χ1n) is 9.99. The fourth-order valence-corrected chi connectivity index (χ4v) is 4.44. The molecule has 0 aliphatic heterocycles. The predicted octanol–water partition coefficient (Wildman–Crippen LogP) is 4.39. The van der Waals surface area contributed by atoms with Crippen molar-refractivity contribution in [1.29, 1.82) is 0 Å². The zero-order valence-corrected chi connectivity index (χ0v) is 17.4. The number of aromatic nitrogens is 7. The van der Waals surface area contributed by atoms with Crippen LogP contribution >= 0.6 is 11.8 Å². The fourth-order valence-electron chi connectivity index (χ4n) is 3.58. The van der Waals surface area contributed by atoms with Gasteiger partial charge in [-0.2, -0.15) is 0 Å². The minimum atomic E-state index is -0.252. The van der Waals surface area contributed by atoms with E-state index in [0.29, 0.717) is 6.42 Å². The summed E-state index contributed by atoms with van der Waals surface area (Å²) in [7, 11) is 0. The third kappa shape index (κ3) is 4.36. The predicted molar refractivity (Wildman–Crippen MR) is 116 cm³/mol. The molecule has 0 saturated heterocycles. The number of aryl methyl sites for hydroxylation is 1. The maximum absolute atomic E-state index is 13.5. The quantitative estimate of drug-likeness (QED) is 0.379. The first-order chi connectivity index (χ1) is 15.3. The number of benzene rings is 1. The standard InChI is InChI=1S/C22H20FN7S/c23-16-5-6-19-15(11-26-20(19)10-16)9-21-28-29-22(31-18-4-1-7-24-13-18)30(21)8-2-3-17-12-25-14-27-17/h1,4-7,10-14,26H,2-3,8-9H2,(H,25,27). The van der Waals surface area contributed by atoms with Gasteiger partial charge >= 0.3 is 0 Å². The zero-order chi connectivity index (χ0) is 21.0. The van der Waals surface area contributed by atoms with E-state index in [-0.39, 0.29) is 5.82 Å². The Morgan fingerprint density at radius 2 is 2.10 bits per heavy atom. The van der Waals surface area contributed by atoms with Gasteiger partial charge in [0.25, 0.3) is 0 Å². The Kier molecular flexibility index (Phi) is 5.49. The number of H-pyrrole nitrogens is 2. The third-order valence-electron chi connectivity index (χ3n) is 5.08. The fraction of sp³-hybridized carbons (Fsp3) is 0.182. The van der Waals surface area contributed by atoms with Gasteiger partial charge in [-0.1, -0.05) is 0 Å². The number of nitrogens with one attached hydrogen (secondary N) is 2.